The number of amides is 2. The molecule has 0 saturated carbocycles. The molecule has 36 heteroatoms. The number of phenols is 1. The molecule has 0 aromatic heterocycles. The summed E-state index contributed by atoms with van der Waals surface area (Å²) in [6.07, 6.45) is -0.369. The van der Waals surface area contributed by atoms with E-state index in [2.05, 4.69) is 155 Å². The number of aromatic hydroxyl groups is 1. The van der Waals surface area contributed by atoms with Crippen LogP contribution in [0.15, 0.2) is 277 Å². The second-order valence-corrected chi connectivity index (χ2v) is 46.5. The summed E-state index contributed by atoms with van der Waals surface area (Å²) in [6.45, 7) is 24.3. The van der Waals surface area contributed by atoms with Crippen molar-refractivity contribution < 1.29 is 90.7 Å². The molecule has 9 N–H and O–H groups in total. The number of nitrogens with two attached hydrogens (primary N) is 2. The van der Waals surface area contributed by atoms with E-state index in [1.807, 2.05) is 263 Å². The standard InChI is InChI=1S/C26H33BClNO5.C20H21BrClNO3.C15H13BrClNO2.C15H9BrClNO2.C15H13BrClNO.C8H6BrN.C7H4BrClO2.C3H6I.V/c1-23(2,3)32-22(30)29-16-26(18-11-9-8-10-12-18)15-17-13-14-19(28)20(21(17)31-26)27-33-24(4,5)25(6,7)34-27;1-19(2,3)26-18(24)23-12-20(14-7-5-4-6-8-14)11-13-9-10-15(22)16(21)17(13)25-20;2*16-12-11(17)7-6-10-13(12)20-15(8-18,14(10)19)9-4-2-1-3-5-9;16-13-12(17)7-6-10-8-15(9-18,19-14(10)13)11-4-2-1-3-5-11;9-8(6-10)7-4-2-1-3-5-7;8-6-5(9)2-1-4(3-10)7(6)11;1-3(2)4;/h8-14H,15-16H2,1-7H3,(H,29,30);4-10H,11-12H2,1-3H3,(H,23,24);1-7,14,19H,8,18H2;1-7,14,19H;1-7H,8-9,18H2;1-5,8H;1-3,11H;1-2H3;/q;;;;;;;-1;. The number of aliphatic hydroxyl groups is 2. The number of fused-ring (bicyclic) bond motifs is 5. The summed E-state index contributed by atoms with van der Waals surface area (Å²) in [5.41, 5.74) is 16.0. The summed E-state index contributed by atoms with van der Waals surface area (Å²) in [7, 11) is -0.669. The number of carbonyl (C=O) groups is 3. The second kappa shape index (κ2) is 51.5. The number of alkyl carbamates (subject to hydrolysis) is 2. The first-order chi connectivity index (χ1) is 68.0. The molecule has 1 radical (unpaired) electrons. The summed E-state index contributed by atoms with van der Waals surface area (Å²) >= 11 is 59.0. The van der Waals surface area contributed by atoms with Gasteiger partial charge in [0.2, 0.25) is 5.60 Å². The molecule has 0 aliphatic carbocycles. The first kappa shape index (κ1) is 119. The number of hydrogen-bond acceptors (Lipinski definition) is 19. The summed E-state index contributed by atoms with van der Waals surface area (Å²) in [5, 5.41) is 57.4. The third kappa shape index (κ3) is 28.4. The summed E-state index contributed by atoms with van der Waals surface area (Å²) < 4.78 is 59.0. The van der Waals surface area contributed by atoms with E-state index in [0.717, 1.165) is 65.6 Å². The quantitative estimate of drug-likeness (QED) is 0.0175. The Morgan fingerprint density at radius 2 is 0.814 bits per heavy atom. The number of hydrogen-bond donors (Lipinski definition) is 7. The molecule has 1 saturated heterocycles. The number of alkyl halides is 1. The van der Waals surface area contributed by atoms with Crippen LogP contribution >= 0.6 is 188 Å². The minimum absolute atomic E-state index is 0. The van der Waals surface area contributed by atoms with Gasteiger partial charge < -0.3 is 102 Å². The predicted octanol–water partition coefficient (Wildman–Crippen LogP) is 28.9. The molecule has 18 rings (SSSR count). The van der Waals surface area contributed by atoms with Crippen LogP contribution in [0, 0.1) is 26.6 Å². The van der Waals surface area contributed by atoms with Gasteiger partial charge in [0.1, 0.15) is 68.8 Å². The average Bonchev–Trinajstić information content (AvgIpc) is 1.57. The van der Waals surface area contributed by atoms with Crippen molar-refractivity contribution in [3.05, 3.63) is 378 Å². The Kier molecular flexibility index (Phi) is 42.3. The number of rotatable bonds is 14. The Labute approximate surface area is 952 Å². The van der Waals surface area contributed by atoms with Crippen molar-refractivity contribution in [3.63, 3.8) is 0 Å². The van der Waals surface area contributed by atoms with Gasteiger partial charge in [-0.25, -0.2) is 9.59 Å². The number of nitriles is 2. The molecule has 0 bridgehead atoms. The van der Waals surface area contributed by atoms with Crippen LogP contribution < -0.4 is 51.2 Å². The molecular formula is C109H105BBr6Cl6IN6O15V-. The number of halogens is 13. The van der Waals surface area contributed by atoms with E-state index in [9.17, 15) is 35.0 Å². The maximum atomic E-state index is 12.5. The molecule has 1 fully saturated rings. The van der Waals surface area contributed by atoms with Crippen LogP contribution in [-0.4, -0.2) is 89.5 Å². The van der Waals surface area contributed by atoms with Crippen molar-refractivity contribution in [2.24, 2.45) is 11.5 Å². The zero-order valence-electron chi connectivity index (χ0n) is 80.7. The molecule has 2 amide bonds. The van der Waals surface area contributed by atoms with Gasteiger partial charge in [-0.3, -0.25) is 8.72 Å². The number of carbonyl (C=O) groups excluding carboxylic acids is 3. The predicted molar refractivity (Wildman–Crippen MR) is 599 cm³/mol. The van der Waals surface area contributed by atoms with Crippen molar-refractivity contribution in [1.29, 1.82) is 10.5 Å². The van der Waals surface area contributed by atoms with Gasteiger partial charge >= 0.3 is 19.3 Å². The summed E-state index contributed by atoms with van der Waals surface area (Å²) in [6, 6.07) is 83.4. The maximum Gasteiger partial charge on any atom is 0.500 e. The van der Waals surface area contributed by atoms with Crippen LogP contribution in [0.3, 0.4) is 0 Å². The normalized spacial score (nSPS) is 19.9. The molecule has 12 aromatic rings. The summed E-state index contributed by atoms with van der Waals surface area (Å²) in [5.74, 6) is 3.01. The number of benzene rings is 12. The maximum absolute atomic E-state index is 12.5. The van der Waals surface area contributed by atoms with Crippen molar-refractivity contribution in [2.75, 3.05) is 26.2 Å². The molecule has 6 heterocycles. The fourth-order valence-corrected chi connectivity index (χ4v) is 19.5. The van der Waals surface area contributed by atoms with E-state index >= 15 is 0 Å². The topological polar surface area (TPSA) is 319 Å². The molecule has 145 heavy (non-hydrogen) atoms. The van der Waals surface area contributed by atoms with E-state index in [0.29, 0.717) is 114 Å². The first-order valence-corrected chi connectivity index (χ1v) is 53.3. The molecule has 6 aliphatic rings. The molecule has 21 nitrogen and oxygen atoms in total. The largest absolute Gasteiger partial charge is 0.506 e. The number of nitrogens with one attached hydrogen (secondary N) is 2. The zero-order chi connectivity index (χ0) is 105. The minimum atomic E-state index is -1.45. The Morgan fingerprint density at radius 3 is 1.21 bits per heavy atom. The van der Waals surface area contributed by atoms with Gasteiger partial charge in [-0.2, -0.15) is 24.4 Å². The van der Waals surface area contributed by atoms with E-state index < -0.39 is 81.9 Å². The van der Waals surface area contributed by atoms with E-state index in [1.165, 1.54) is 16.1 Å². The van der Waals surface area contributed by atoms with Crippen molar-refractivity contribution in [3.8, 4) is 46.6 Å². The van der Waals surface area contributed by atoms with Crippen molar-refractivity contribution in [2.45, 2.75) is 170 Å². The van der Waals surface area contributed by atoms with Crippen LogP contribution in [0.1, 0.15) is 172 Å². The van der Waals surface area contributed by atoms with Crippen LogP contribution in [-0.2, 0) is 84.6 Å². The van der Waals surface area contributed by atoms with Crippen LogP contribution in [0.25, 0.3) is 0 Å². The van der Waals surface area contributed by atoms with Crippen molar-refractivity contribution >= 4 is 219 Å². The van der Waals surface area contributed by atoms with Gasteiger partial charge in [-0.05, 0) is 236 Å². The third-order valence-electron chi connectivity index (χ3n) is 23.9. The Hall–Kier alpha value is -7.61. The van der Waals surface area contributed by atoms with Crippen molar-refractivity contribution in [1.82, 2.24) is 10.6 Å². The SMILES string of the molecule is CC(C)(C)OC(=O)NCC1(c2ccccc2)Cc2ccc(Cl)c(B3OC(C)(C)C(C)(C)O3)c2O1.CC(C)(C)OC(=O)NCC1(c2ccccc2)Cc2ccc(Cl)c(Br)c2O1.C[C-](C)I.N#CC(Br)c1ccccc1.N#CC1(c2ccccc2)Oc2c(ccc(Cl)c2Br)C1O.NCC1(c2ccccc2)Cc2ccc(Cl)c(Br)c2O1.NCC1(c2ccccc2)Oc2c(ccc(Cl)c2Br)C1O.O=Cc1ccc(Cl)c(Br)c1O.[V]. The van der Waals surface area contributed by atoms with Crippen LogP contribution in [0.4, 0.5) is 9.59 Å². The minimum Gasteiger partial charge on any atom is -0.506 e. The monoisotopic (exact) mass is 2610 g/mol. The number of nitrogens with zero attached hydrogens (tertiary/aromatic N) is 2. The molecular weight excluding hydrogens is 2510 g/mol. The molecule has 8 atom stereocenters. The van der Waals surface area contributed by atoms with Crippen LogP contribution in [0.2, 0.25) is 30.1 Å². The zero-order valence-corrected chi connectivity index (χ0v) is 98.3. The number of aliphatic hydroxyl groups excluding tert-OH is 2. The van der Waals surface area contributed by atoms with Gasteiger partial charge in [-0.1, -0.05) is 298 Å². The molecule has 8 unspecified atom stereocenters. The average molecular weight is 2620 g/mol. The Bertz CT molecular complexity index is 6610. The number of ether oxygens (including phenoxy) is 7. The Balaban J connectivity index is 0.000000177. The van der Waals surface area contributed by atoms with Gasteiger partial charge in [-0.15, -0.1) is 0 Å². The van der Waals surface area contributed by atoms with Gasteiger partial charge in [0, 0.05) is 78.1 Å². The molecule has 761 valence electrons. The smallest absolute Gasteiger partial charge is 0.500 e. The molecule has 12 aromatic carbocycles. The first-order valence-electron chi connectivity index (χ1n) is 45.1. The van der Waals surface area contributed by atoms with Gasteiger partial charge in [0.25, 0.3) is 0 Å². The molecule has 6 aliphatic heterocycles. The third-order valence-corrected chi connectivity index (χ3v) is 31.6. The van der Waals surface area contributed by atoms with Gasteiger partial charge in [0.05, 0.1) is 83.4 Å². The van der Waals surface area contributed by atoms with E-state index in [-0.39, 0.29) is 54.3 Å². The fourth-order valence-electron chi connectivity index (χ4n) is 16.0. The van der Waals surface area contributed by atoms with Crippen LogP contribution in [0.5, 0.6) is 34.5 Å². The van der Waals surface area contributed by atoms with Gasteiger partial charge in [0.15, 0.2) is 28.7 Å². The van der Waals surface area contributed by atoms with E-state index in [4.69, 9.17) is 129 Å². The van der Waals surface area contributed by atoms with E-state index in [1.54, 1.807) is 48.5 Å². The number of aldehydes is 1. The second-order valence-electron chi connectivity index (χ2n) is 37.0. The number of phenolic OH excluding ortho intramolecular Hbond substituents is 1. The Morgan fingerprint density at radius 1 is 0.483 bits per heavy atom. The molecule has 0 spiro atoms. The fraction of sp³-hybridized carbons (Fsp3) is 0.284. The summed E-state index contributed by atoms with van der Waals surface area (Å²) in [4.78, 5) is 34.7.